The summed E-state index contributed by atoms with van der Waals surface area (Å²) in [6, 6.07) is 1.53. The van der Waals surface area contributed by atoms with E-state index in [0.717, 1.165) is 31.1 Å². The van der Waals surface area contributed by atoms with Gasteiger partial charge in [-0.05, 0) is 38.6 Å². The van der Waals surface area contributed by atoms with Crippen LogP contribution >= 0.6 is 11.3 Å². The van der Waals surface area contributed by atoms with E-state index in [9.17, 15) is 0 Å². The molecule has 20 heavy (non-hydrogen) atoms. The molecule has 1 aromatic rings. The molecule has 0 radical (unpaired) electrons. The van der Waals surface area contributed by atoms with Crippen molar-refractivity contribution in [2.45, 2.75) is 70.6 Å². The highest BCUT2D eigenvalue weighted by Crippen LogP contribution is 2.27. The van der Waals surface area contributed by atoms with Crippen LogP contribution in [0.3, 0.4) is 0 Å². The molecular weight excluding hydrogens is 266 g/mol. The lowest BCUT2D eigenvalue weighted by Crippen LogP contribution is -2.35. The van der Waals surface area contributed by atoms with Crippen molar-refractivity contribution in [2.24, 2.45) is 5.92 Å². The van der Waals surface area contributed by atoms with Gasteiger partial charge in [0.25, 0.3) is 0 Å². The van der Waals surface area contributed by atoms with Gasteiger partial charge in [-0.2, -0.15) is 0 Å². The van der Waals surface area contributed by atoms with Crippen LogP contribution in [0.15, 0.2) is 5.38 Å². The van der Waals surface area contributed by atoms with Crippen LogP contribution in [0, 0.1) is 5.92 Å². The van der Waals surface area contributed by atoms with Crippen molar-refractivity contribution >= 4 is 11.3 Å². The third-order valence-corrected chi connectivity index (χ3v) is 5.56. The Bertz CT molecular complexity index is 427. The number of hydrogen-bond acceptors (Lipinski definition) is 4. The Hall–Kier alpha value is -0.450. The van der Waals surface area contributed by atoms with Crippen LogP contribution in [0.1, 0.15) is 56.2 Å². The molecule has 0 aliphatic heterocycles. The summed E-state index contributed by atoms with van der Waals surface area (Å²) < 4.78 is 0. The van der Waals surface area contributed by atoms with Crippen molar-refractivity contribution < 1.29 is 0 Å². The van der Waals surface area contributed by atoms with Crippen LogP contribution in [0.2, 0.25) is 0 Å². The molecule has 3 rings (SSSR count). The van der Waals surface area contributed by atoms with Gasteiger partial charge in [-0.1, -0.05) is 19.8 Å². The molecule has 112 valence electrons. The van der Waals surface area contributed by atoms with Gasteiger partial charge in [0.05, 0.1) is 5.69 Å². The lowest BCUT2D eigenvalue weighted by atomic mass is 9.86. The van der Waals surface area contributed by atoms with E-state index < -0.39 is 0 Å². The molecule has 0 saturated heterocycles. The lowest BCUT2D eigenvalue weighted by molar-refractivity contribution is 0.156. The molecule has 2 aliphatic carbocycles. The lowest BCUT2D eigenvalue weighted by Gasteiger charge is -2.33. The maximum atomic E-state index is 4.78. The largest absolute Gasteiger partial charge is 0.308 e. The summed E-state index contributed by atoms with van der Waals surface area (Å²) in [5.74, 6) is 0.893. The molecular formula is C16H27N3S. The van der Waals surface area contributed by atoms with Crippen LogP contribution in [-0.4, -0.2) is 29.0 Å². The normalized spacial score (nSPS) is 27.1. The standard InChI is InChI=1S/C16H27N3S/c1-12-4-3-5-15(8-12)19(2)10-14-11-20-16(18-14)9-17-13-6-7-13/h11-13,15,17H,3-10H2,1-2H3. The molecule has 4 heteroatoms. The maximum absolute atomic E-state index is 4.78. The smallest absolute Gasteiger partial charge is 0.107 e. The summed E-state index contributed by atoms with van der Waals surface area (Å²) in [6.07, 6.45) is 8.22. The molecule has 2 fully saturated rings. The van der Waals surface area contributed by atoms with Crippen LogP contribution in [-0.2, 0) is 13.1 Å². The van der Waals surface area contributed by atoms with Crippen molar-refractivity contribution in [3.8, 4) is 0 Å². The first-order valence-electron chi connectivity index (χ1n) is 8.07. The Balaban J connectivity index is 1.48. The van der Waals surface area contributed by atoms with Gasteiger partial charge in [-0.15, -0.1) is 11.3 Å². The molecule has 0 bridgehead atoms. The quantitative estimate of drug-likeness (QED) is 0.871. The van der Waals surface area contributed by atoms with Gasteiger partial charge in [-0.25, -0.2) is 4.98 Å². The summed E-state index contributed by atoms with van der Waals surface area (Å²) in [5, 5.41) is 7.03. The Morgan fingerprint density at radius 3 is 2.95 bits per heavy atom. The number of thiazole rings is 1. The van der Waals surface area contributed by atoms with Gasteiger partial charge in [0.1, 0.15) is 5.01 Å². The van der Waals surface area contributed by atoms with Gasteiger partial charge in [0.2, 0.25) is 0 Å². The van der Waals surface area contributed by atoms with Crippen LogP contribution in [0.25, 0.3) is 0 Å². The zero-order valence-corrected chi connectivity index (χ0v) is 13.6. The van der Waals surface area contributed by atoms with E-state index in [0.29, 0.717) is 0 Å². The Morgan fingerprint density at radius 2 is 2.20 bits per heavy atom. The minimum atomic E-state index is 0.758. The number of aromatic nitrogens is 1. The molecule has 0 spiro atoms. The van der Waals surface area contributed by atoms with Crippen LogP contribution < -0.4 is 5.32 Å². The van der Waals surface area contributed by atoms with Crippen molar-refractivity contribution in [1.82, 2.24) is 15.2 Å². The van der Waals surface area contributed by atoms with Gasteiger partial charge in [0, 0.05) is 30.6 Å². The zero-order valence-electron chi connectivity index (χ0n) is 12.8. The van der Waals surface area contributed by atoms with E-state index in [1.54, 1.807) is 0 Å². The first-order chi connectivity index (χ1) is 9.70. The van der Waals surface area contributed by atoms with Gasteiger partial charge >= 0.3 is 0 Å². The third kappa shape index (κ3) is 4.03. The van der Waals surface area contributed by atoms with Crippen molar-refractivity contribution in [3.63, 3.8) is 0 Å². The highest BCUT2D eigenvalue weighted by Gasteiger charge is 2.23. The van der Waals surface area contributed by atoms with Crippen molar-refractivity contribution in [3.05, 3.63) is 16.1 Å². The average molecular weight is 293 g/mol. The molecule has 2 atom stereocenters. The molecule has 1 aromatic heterocycles. The highest BCUT2D eigenvalue weighted by atomic mass is 32.1. The SMILES string of the molecule is CC1CCCC(N(C)Cc2csc(CNC3CC3)n2)C1. The van der Waals surface area contributed by atoms with Crippen LogP contribution in [0.4, 0.5) is 0 Å². The minimum absolute atomic E-state index is 0.758. The van der Waals surface area contributed by atoms with E-state index in [4.69, 9.17) is 4.98 Å². The first-order valence-corrected chi connectivity index (χ1v) is 8.95. The monoisotopic (exact) mass is 293 g/mol. The second-order valence-corrected chi connectivity index (χ2v) is 7.67. The minimum Gasteiger partial charge on any atom is -0.308 e. The second-order valence-electron chi connectivity index (χ2n) is 6.73. The number of hydrogen-bond donors (Lipinski definition) is 1. The van der Waals surface area contributed by atoms with Gasteiger partial charge < -0.3 is 5.32 Å². The summed E-state index contributed by atoms with van der Waals surface area (Å²) >= 11 is 1.81. The molecule has 2 saturated carbocycles. The highest BCUT2D eigenvalue weighted by molar-refractivity contribution is 7.09. The predicted molar refractivity (Wildman–Crippen MR) is 84.9 cm³/mol. The molecule has 0 aromatic carbocycles. The van der Waals surface area contributed by atoms with Crippen molar-refractivity contribution in [1.29, 1.82) is 0 Å². The molecule has 0 amide bonds. The number of nitrogens with one attached hydrogen (secondary N) is 1. The first kappa shape index (κ1) is 14.5. The predicted octanol–water partition coefficient (Wildman–Crippen LogP) is 3.41. The van der Waals surface area contributed by atoms with E-state index in [2.05, 4.69) is 29.6 Å². The Morgan fingerprint density at radius 1 is 1.35 bits per heavy atom. The molecule has 3 nitrogen and oxygen atoms in total. The Labute approximate surface area is 126 Å². The fraction of sp³-hybridized carbons (Fsp3) is 0.812. The fourth-order valence-corrected chi connectivity index (χ4v) is 3.94. The number of rotatable bonds is 6. The summed E-state index contributed by atoms with van der Waals surface area (Å²) in [6.45, 7) is 4.36. The maximum Gasteiger partial charge on any atom is 0.107 e. The zero-order chi connectivity index (χ0) is 13.9. The van der Waals surface area contributed by atoms with E-state index in [1.165, 1.54) is 49.2 Å². The molecule has 1 N–H and O–H groups in total. The second kappa shape index (κ2) is 6.54. The molecule has 1 heterocycles. The molecule has 2 unspecified atom stereocenters. The third-order valence-electron chi connectivity index (χ3n) is 4.66. The number of nitrogens with zero attached hydrogens (tertiary/aromatic N) is 2. The topological polar surface area (TPSA) is 28.2 Å². The van der Waals surface area contributed by atoms with E-state index in [1.807, 2.05) is 11.3 Å². The fourth-order valence-electron chi connectivity index (χ4n) is 3.21. The van der Waals surface area contributed by atoms with E-state index in [-0.39, 0.29) is 0 Å². The summed E-state index contributed by atoms with van der Waals surface area (Å²) in [5.41, 5.74) is 1.25. The van der Waals surface area contributed by atoms with Crippen LogP contribution in [0.5, 0.6) is 0 Å². The van der Waals surface area contributed by atoms with Gasteiger partial charge in [-0.3, -0.25) is 4.90 Å². The Kier molecular flexibility index (Phi) is 4.74. The average Bonchev–Trinajstić information content (AvgIpc) is 3.16. The van der Waals surface area contributed by atoms with E-state index >= 15 is 0 Å². The van der Waals surface area contributed by atoms with Gasteiger partial charge in [0.15, 0.2) is 0 Å². The summed E-state index contributed by atoms with van der Waals surface area (Å²) in [7, 11) is 2.27. The summed E-state index contributed by atoms with van der Waals surface area (Å²) in [4.78, 5) is 7.29. The molecule has 2 aliphatic rings. The van der Waals surface area contributed by atoms with Crippen molar-refractivity contribution in [2.75, 3.05) is 7.05 Å².